The minimum Gasteiger partial charge on any atom is -0.345 e. The first kappa shape index (κ1) is 15.5. The second kappa shape index (κ2) is 6.79. The van der Waals surface area contributed by atoms with Crippen LogP contribution in [0.1, 0.15) is 11.3 Å². The van der Waals surface area contributed by atoms with Gasteiger partial charge in [-0.2, -0.15) is 0 Å². The lowest BCUT2D eigenvalue weighted by Gasteiger charge is -2.16. The molecule has 0 unspecified atom stereocenters. The minimum absolute atomic E-state index is 0.0496. The number of nitrogens with zero attached hydrogens (tertiary/aromatic N) is 4. The summed E-state index contributed by atoms with van der Waals surface area (Å²) in [6.07, 6.45) is 8.25. The molecule has 0 fully saturated rings. The Hall–Kier alpha value is -2.40. The fourth-order valence-corrected chi connectivity index (χ4v) is 2.53. The van der Waals surface area contributed by atoms with Crippen LogP contribution in [0.25, 0.3) is 5.65 Å². The molecule has 0 saturated heterocycles. The molecule has 3 aromatic heterocycles. The summed E-state index contributed by atoms with van der Waals surface area (Å²) in [4.78, 5) is 22.5. The van der Waals surface area contributed by atoms with Crippen molar-refractivity contribution < 1.29 is 4.79 Å². The van der Waals surface area contributed by atoms with Gasteiger partial charge in [-0.25, -0.2) is 4.98 Å². The third-order valence-corrected chi connectivity index (χ3v) is 3.93. The molecule has 3 heterocycles. The molecule has 0 N–H and O–H groups in total. The van der Waals surface area contributed by atoms with Crippen molar-refractivity contribution in [3.63, 3.8) is 0 Å². The monoisotopic (exact) mass is 328 g/mol. The third-order valence-electron chi connectivity index (χ3n) is 3.71. The van der Waals surface area contributed by atoms with Gasteiger partial charge in [-0.05, 0) is 36.2 Å². The van der Waals surface area contributed by atoms with Crippen LogP contribution in [-0.4, -0.2) is 38.8 Å². The van der Waals surface area contributed by atoms with E-state index in [1.54, 1.807) is 29.6 Å². The fraction of sp³-hybridized carbons (Fsp3) is 0.235. The molecule has 6 heteroatoms. The number of aromatic nitrogens is 3. The van der Waals surface area contributed by atoms with Crippen molar-refractivity contribution in [2.45, 2.75) is 12.8 Å². The maximum absolute atomic E-state index is 12.3. The first-order valence-electron chi connectivity index (χ1n) is 7.38. The highest BCUT2D eigenvalue weighted by Gasteiger charge is 2.12. The number of carbonyl (C=O) groups excluding carboxylic acids is 1. The molecule has 3 aromatic rings. The average Bonchev–Trinajstić information content (AvgIpc) is 2.94. The van der Waals surface area contributed by atoms with E-state index in [0.29, 0.717) is 11.6 Å². The first-order chi connectivity index (χ1) is 11.1. The maximum atomic E-state index is 12.3. The number of hydrogen-bond donors (Lipinski definition) is 0. The van der Waals surface area contributed by atoms with Gasteiger partial charge in [-0.1, -0.05) is 11.6 Å². The second-order valence-electron chi connectivity index (χ2n) is 5.44. The number of fused-ring (bicyclic) bond motifs is 1. The molecule has 23 heavy (non-hydrogen) atoms. The van der Waals surface area contributed by atoms with Crippen LogP contribution in [-0.2, 0) is 17.6 Å². The van der Waals surface area contributed by atoms with Gasteiger partial charge in [0.25, 0.3) is 0 Å². The smallest absolute Gasteiger partial charge is 0.228 e. The molecule has 0 saturated carbocycles. The van der Waals surface area contributed by atoms with Gasteiger partial charge in [0.05, 0.1) is 17.1 Å². The van der Waals surface area contributed by atoms with Crippen molar-refractivity contribution in [3.8, 4) is 0 Å². The molecule has 3 rings (SSSR count). The fourth-order valence-electron chi connectivity index (χ4n) is 2.36. The zero-order valence-electron chi connectivity index (χ0n) is 12.8. The normalized spacial score (nSPS) is 10.9. The molecule has 1 amide bonds. The van der Waals surface area contributed by atoms with E-state index >= 15 is 0 Å². The molecule has 0 atom stereocenters. The van der Waals surface area contributed by atoms with Crippen LogP contribution in [0.4, 0.5) is 0 Å². The van der Waals surface area contributed by atoms with Gasteiger partial charge in [-0.15, -0.1) is 0 Å². The molecule has 0 bridgehead atoms. The van der Waals surface area contributed by atoms with E-state index in [-0.39, 0.29) is 12.3 Å². The Balaban J connectivity index is 1.60. The predicted octanol–water partition coefficient (Wildman–Crippen LogP) is 2.63. The zero-order chi connectivity index (χ0) is 16.2. The van der Waals surface area contributed by atoms with E-state index in [1.807, 2.05) is 35.8 Å². The Morgan fingerprint density at radius 2 is 2.00 bits per heavy atom. The number of amides is 1. The largest absolute Gasteiger partial charge is 0.345 e. The van der Waals surface area contributed by atoms with Crippen molar-refractivity contribution in [1.29, 1.82) is 0 Å². The van der Waals surface area contributed by atoms with Crippen molar-refractivity contribution in [1.82, 2.24) is 19.3 Å². The molecule has 5 nitrogen and oxygen atoms in total. The summed E-state index contributed by atoms with van der Waals surface area (Å²) >= 11 is 5.96. The van der Waals surface area contributed by atoms with Gasteiger partial charge in [0.15, 0.2) is 0 Å². The van der Waals surface area contributed by atoms with Crippen LogP contribution < -0.4 is 0 Å². The first-order valence-corrected chi connectivity index (χ1v) is 7.75. The Morgan fingerprint density at radius 3 is 2.78 bits per heavy atom. The Kier molecular flexibility index (Phi) is 4.57. The highest BCUT2D eigenvalue weighted by atomic mass is 35.5. The van der Waals surface area contributed by atoms with Crippen LogP contribution >= 0.6 is 11.6 Å². The predicted molar refractivity (Wildman–Crippen MR) is 89.5 cm³/mol. The SMILES string of the molecule is CN(CCc1ccncc1)C(=O)Cc1cn2cc(Cl)ccc2n1. The Morgan fingerprint density at radius 1 is 1.22 bits per heavy atom. The molecule has 118 valence electrons. The topological polar surface area (TPSA) is 50.5 Å². The van der Waals surface area contributed by atoms with Gasteiger partial charge < -0.3 is 9.30 Å². The van der Waals surface area contributed by atoms with Gasteiger partial charge in [-0.3, -0.25) is 9.78 Å². The number of likely N-dealkylation sites (N-methyl/N-ethyl adjacent to an activating group) is 1. The number of hydrogen-bond acceptors (Lipinski definition) is 3. The van der Waals surface area contributed by atoms with Gasteiger partial charge in [0.2, 0.25) is 5.91 Å². The van der Waals surface area contributed by atoms with Crippen LogP contribution in [0.5, 0.6) is 0 Å². The van der Waals surface area contributed by atoms with Gasteiger partial charge in [0, 0.05) is 38.4 Å². The van der Waals surface area contributed by atoms with E-state index in [2.05, 4.69) is 9.97 Å². The van der Waals surface area contributed by atoms with Gasteiger partial charge >= 0.3 is 0 Å². The lowest BCUT2D eigenvalue weighted by molar-refractivity contribution is -0.129. The van der Waals surface area contributed by atoms with Crippen LogP contribution in [0.3, 0.4) is 0 Å². The maximum Gasteiger partial charge on any atom is 0.228 e. The van der Waals surface area contributed by atoms with Crippen molar-refractivity contribution in [2.75, 3.05) is 13.6 Å². The summed E-state index contributed by atoms with van der Waals surface area (Å²) in [6.45, 7) is 0.669. The molecule has 0 aliphatic heterocycles. The lowest BCUT2D eigenvalue weighted by atomic mass is 10.2. The average molecular weight is 329 g/mol. The Bertz CT molecular complexity index is 816. The lowest BCUT2D eigenvalue weighted by Crippen LogP contribution is -2.30. The van der Waals surface area contributed by atoms with Crippen molar-refractivity contribution in [3.05, 3.63) is 65.3 Å². The van der Waals surface area contributed by atoms with Crippen LogP contribution in [0.2, 0.25) is 5.02 Å². The molecule has 0 aliphatic rings. The number of halogens is 1. The van der Waals surface area contributed by atoms with E-state index in [1.165, 1.54) is 5.56 Å². The molecule has 0 spiro atoms. The highest BCUT2D eigenvalue weighted by Crippen LogP contribution is 2.12. The van der Waals surface area contributed by atoms with E-state index in [0.717, 1.165) is 17.8 Å². The standard InChI is InChI=1S/C17H17ClN4O/c1-21(9-6-13-4-7-19-8-5-13)17(23)10-15-12-22-11-14(18)2-3-16(22)20-15/h2-5,7-8,11-12H,6,9-10H2,1H3. The molecular formula is C17H17ClN4O. The van der Waals surface area contributed by atoms with Crippen molar-refractivity contribution in [2.24, 2.45) is 0 Å². The second-order valence-corrected chi connectivity index (χ2v) is 5.88. The highest BCUT2D eigenvalue weighted by molar-refractivity contribution is 6.30. The number of carbonyl (C=O) groups is 1. The van der Waals surface area contributed by atoms with E-state index < -0.39 is 0 Å². The summed E-state index contributed by atoms with van der Waals surface area (Å²) in [6, 6.07) is 7.55. The number of imidazole rings is 1. The summed E-state index contributed by atoms with van der Waals surface area (Å²) in [5.74, 6) is 0.0496. The summed E-state index contributed by atoms with van der Waals surface area (Å²) < 4.78 is 1.84. The number of pyridine rings is 2. The molecular weight excluding hydrogens is 312 g/mol. The molecule has 0 radical (unpaired) electrons. The van der Waals surface area contributed by atoms with Crippen LogP contribution in [0, 0.1) is 0 Å². The minimum atomic E-state index is 0.0496. The van der Waals surface area contributed by atoms with Crippen LogP contribution in [0.15, 0.2) is 49.1 Å². The van der Waals surface area contributed by atoms with Gasteiger partial charge in [0.1, 0.15) is 5.65 Å². The summed E-state index contributed by atoms with van der Waals surface area (Å²) in [7, 11) is 1.82. The summed E-state index contributed by atoms with van der Waals surface area (Å²) in [5.41, 5.74) is 2.70. The van der Waals surface area contributed by atoms with E-state index in [4.69, 9.17) is 11.6 Å². The zero-order valence-corrected chi connectivity index (χ0v) is 13.6. The molecule has 0 aliphatic carbocycles. The summed E-state index contributed by atoms with van der Waals surface area (Å²) in [5, 5.41) is 0.641. The molecule has 0 aromatic carbocycles. The quantitative estimate of drug-likeness (QED) is 0.723. The Labute approximate surface area is 139 Å². The number of rotatable bonds is 5. The third kappa shape index (κ3) is 3.87. The van der Waals surface area contributed by atoms with Crippen molar-refractivity contribution >= 4 is 23.2 Å². The van der Waals surface area contributed by atoms with E-state index in [9.17, 15) is 4.79 Å².